The van der Waals surface area contributed by atoms with Gasteiger partial charge in [0.15, 0.2) is 0 Å². The van der Waals surface area contributed by atoms with Crippen LogP contribution in [0.15, 0.2) is 0 Å². The third-order valence-corrected chi connectivity index (χ3v) is 3.93. The predicted octanol–water partition coefficient (Wildman–Crippen LogP) is 2.51. The Bertz CT molecular complexity index is 315. The van der Waals surface area contributed by atoms with Crippen LogP contribution < -0.4 is 11.3 Å². The smallest absolute Gasteiger partial charge is 0.410 e. The van der Waals surface area contributed by atoms with Crippen LogP contribution in [0.3, 0.4) is 0 Å². The number of rotatable bonds is 5. The van der Waals surface area contributed by atoms with E-state index in [9.17, 15) is 4.79 Å². The molecule has 3 N–H and O–H groups in total. The Balaban J connectivity index is 2.55. The number of carbonyl (C=O) groups excluding carboxylic acids is 1. The molecule has 1 fully saturated rings. The molecule has 1 aliphatic heterocycles. The second-order valence-electron chi connectivity index (χ2n) is 6.93. The molecule has 3 atom stereocenters. The first-order valence-electron chi connectivity index (χ1n) is 7.72. The third kappa shape index (κ3) is 4.94. The summed E-state index contributed by atoms with van der Waals surface area (Å²) < 4.78 is 5.43. The van der Waals surface area contributed by atoms with Gasteiger partial charge in [0.1, 0.15) is 5.60 Å². The summed E-state index contributed by atoms with van der Waals surface area (Å²) in [5.74, 6) is 6.66. The van der Waals surface area contributed by atoms with Crippen molar-refractivity contribution in [2.45, 2.75) is 65.5 Å². The van der Waals surface area contributed by atoms with Crippen molar-refractivity contribution in [3.63, 3.8) is 0 Å². The Morgan fingerprint density at radius 1 is 1.50 bits per heavy atom. The Morgan fingerprint density at radius 3 is 2.65 bits per heavy atom. The van der Waals surface area contributed by atoms with Crippen LogP contribution >= 0.6 is 0 Å². The number of amides is 1. The van der Waals surface area contributed by atoms with Crippen molar-refractivity contribution in [1.29, 1.82) is 0 Å². The van der Waals surface area contributed by atoms with Crippen molar-refractivity contribution in [3.8, 4) is 0 Å². The van der Waals surface area contributed by atoms with Crippen LogP contribution in [0.4, 0.5) is 4.79 Å². The number of carbonyl (C=O) groups is 1. The van der Waals surface area contributed by atoms with Gasteiger partial charge in [0.25, 0.3) is 0 Å². The van der Waals surface area contributed by atoms with Gasteiger partial charge in [-0.1, -0.05) is 20.3 Å². The van der Waals surface area contributed by atoms with E-state index in [0.717, 1.165) is 32.4 Å². The van der Waals surface area contributed by atoms with E-state index in [1.807, 2.05) is 20.8 Å². The summed E-state index contributed by atoms with van der Waals surface area (Å²) in [6, 6.07) is 0.266. The van der Waals surface area contributed by atoms with Crippen LogP contribution in [0.1, 0.15) is 53.9 Å². The molecule has 0 aromatic carbocycles. The molecule has 1 heterocycles. The van der Waals surface area contributed by atoms with Gasteiger partial charge in [0, 0.05) is 19.1 Å². The molecule has 1 rings (SSSR count). The molecule has 1 saturated heterocycles. The van der Waals surface area contributed by atoms with Gasteiger partial charge in [-0.25, -0.2) is 4.79 Å². The molecule has 0 aliphatic carbocycles. The van der Waals surface area contributed by atoms with Gasteiger partial charge in [-0.2, -0.15) is 0 Å². The molecule has 118 valence electrons. The molecule has 0 spiro atoms. The van der Waals surface area contributed by atoms with Gasteiger partial charge in [-0.3, -0.25) is 11.3 Å². The first-order valence-corrected chi connectivity index (χ1v) is 7.72. The molecule has 5 heteroatoms. The Hall–Kier alpha value is -0.810. The highest BCUT2D eigenvalue weighted by Gasteiger charge is 2.35. The zero-order valence-corrected chi connectivity index (χ0v) is 13.6. The van der Waals surface area contributed by atoms with E-state index in [4.69, 9.17) is 10.6 Å². The number of ether oxygens (including phenoxy) is 1. The van der Waals surface area contributed by atoms with E-state index in [2.05, 4.69) is 19.3 Å². The lowest BCUT2D eigenvalue weighted by Gasteiger charge is -2.29. The van der Waals surface area contributed by atoms with Crippen LogP contribution in [0.25, 0.3) is 0 Å². The summed E-state index contributed by atoms with van der Waals surface area (Å²) >= 11 is 0. The largest absolute Gasteiger partial charge is 0.444 e. The molecule has 0 aromatic rings. The second-order valence-corrected chi connectivity index (χ2v) is 6.93. The molecule has 0 bridgehead atoms. The Kier molecular flexibility index (Phi) is 6.27. The molecule has 5 nitrogen and oxygen atoms in total. The molecule has 1 amide bonds. The minimum Gasteiger partial charge on any atom is -0.444 e. The van der Waals surface area contributed by atoms with E-state index in [0.29, 0.717) is 11.8 Å². The van der Waals surface area contributed by atoms with Gasteiger partial charge in [-0.05, 0) is 45.4 Å². The number of hydrazine groups is 1. The molecular formula is C15H31N3O2. The minimum atomic E-state index is -0.434. The highest BCUT2D eigenvalue weighted by atomic mass is 16.6. The standard InChI is InChI=1S/C15H31N3O2/c1-6-7-11(2)13(17-16)12-8-9-18(10-12)14(19)20-15(3,4)5/h11-13,17H,6-10,16H2,1-5H3. The van der Waals surface area contributed by atoms with E-state index in [1.165, 1.54) is 0 Å². The predicted molar refractivity (Wildman–Crippen MR) is 81.1 cm³/mol. The lowest BCUT2D eigenvalue weighted by Crippen LogP contribution is -2.46. The van der Waals surface area contributed by atoms with Crippen LogP contribution in [-0.4, -0.2) is 35.7 Å². The highest BCUT2D eigenvalue weighted by molar-refractivity contribution is 5.68. The molecule has 0 aromatic heterocycles. The number of hydrogen-bond donors (Lipinski definition) is 2. The van der Waals surface area contributed by atoms with Crippen molar-refractivity contribution in [3.05, 3.63) is 0 Å². The first kappa shape index (κ1) is 17.2. The molecule has 1 aliphatic rings. The lowest BCUT2D eigenvalue weighted by molar-refractivity contribution is 0.0283. The maximum Gasteiger partial charge on any atom is 0.410 e. The monoisotopic (exact) mass is 285 g/mol. The van der Waals surface area contributed by atoms with Crippen molar-refractivity contribution in [2.24, 2.45) is 17.7 Å². The fourth-order valence-electron chi connectivity index (χ4n) is 2.97. The van der Waals surface area contributed by atoms with Gasteiger partial charge in [0.05, 0.1) is 0 Å². The molecule has 3 unspecified atom stereocenters. The SMILES string of the molecule is CCCC(C)C(NN)C1CCN(C(=O)OC(C)(C)C)C1. The van der Waals surface area contributed by atoms with Crippen LogP contribution in [0.5, 0.6) is 0 Å². The number of nitrogens with two attached hydrogens (primary N) is 1. The molecule has 0 radical (unpaired) electrons. The topological polar surface area (TPSA) is 67.6 Å². The average molecular weight is 285 g/mol. The highest BCUT2D eigenvalue weighted by Crippen LogP contribution is 2.27. The Labute approximate surface area is 123 Å². The van der Waals surface area contributed by atoms with E-state index < -0.39 is 5.60 Å². The van der Waals surface area contributed by atoms with Crippen LogP contribution in [-0.2, 0) is 4.74 Å². The molecule has 0 saturated carbocycles. The lowest BCUT2D eigenvalue weighted by atomic mass is 9.86. The third-order valence-electron chi connectivity index (χ3n) is 3.93. The first-order chi connectivity index (χ1) is 9.28. The summed E-state index contributed by atoms with van der Waals surface area (Å²) in [6.07, 6.45) is 3.08. The maximum absolute atomic E-state index is 12.1. The summed E-state index contributed by atoms with van der Waals surface area (Å²) in [4.78, 5) is 13.9. The van der Waals surface area contributed by atoms with Crippen molar-refractivity contribution in [2.75, 3.05) is 13.1 Å². The van der Waals surface area contributed by atoms with Gasteiger partial charge in [0.2, 0.25) is 0 Å². The van der Waals surface area contributed by atoms with E-state index in [-0.39, 0.29) is 12.1 Å². The van der Waals surface area contributed by atoms with Gasteiger partial charge in [-0.15, -0.1) is 0 Å². The summed E-state index contributed by atoms with van der Waals surface area (Å²) in [5.41, 5.74) is 2.52. The van der Waals surface area contributed by atoms with Crippen molar-refractivity contribution >= 4 is 6.09 Å². The summed E-state index contributed by atoms with van der Waals surface area (Å²) in [5, 5.41) is 0. The normalized spacial score (nSPS) is 22.7. The van der Waals surface area contributed by atoms with Gasteiger partial charge >= 0.3 is 6.09 Å². The quantitative estimate of drug-likeness (QED) is 0.601. The number of nitrogens with zero attached hydrogens (tertiary/aromatic N) is 1. The summed E-state index contributed by atoms with van der Waals surface area (Å²) in [6.45, 7) is 11.6. The van der Waals surface area contributed by atoms with Crippen LogP contribution in [0, 0.1) is 11.8 Å². The van der Waals surface area contributed by atoms with Crippen LogP contribution in [0.2, 0.25) is 0 Å². The number of nitrogens with one attached hydrogen (secondary N) is 1. The fraction of sp³-hybridized carbons (Fsp3) is 0.933. The van der Waals surface area contributed by atoms with Gasteiger partial charge < -0.3 is 9.64 Å². The van der Waals surface area contributed by atoms with Crippen molar-refractivity contribution in [1.82, 2.24) is 10.3 Å². The van der Waals surface area contributed by atoms with E-state index in [1.54, 1.807) is 4.90 Å². The fourth-order valence-corrected chi connectivity index (χ4v) is 2.97. The average Bonchev–Trinajstić information content (AvgIpc) is 2.77. The molecular weight excluding hydrogens is 254 g/mol. The molecule has 20 heavy (non-hydrogen) atoms. The number of likely N-dealkylation sites (tertiary alicyclic amines) is 1. The second kappa shape index (κ2) is 7.27. The maximum atomic E-state index is 12.1. The number of hydrogen-bond acceptors (Lipinski definition) is 4. The summed E-state index contributed by atoms with van der Waals surface area (Å²) in [7, 11) is 0. The van der Waals surface area contributed by atoms with Crippen molar-refractivity contribution < 1.29 is 9.53 Å². The minimum absolute atomic E-state index is 0.209. The Morgan fingerprint density at radius 2 is 2.15 bits per heavy atom. The zero-order valence-electron chi connectivity index (χ0n) is 13.6. The zero-order chi connectivity index (χ0) is 15.3. The van der Waals surface area contributed by atoms with E-state index >= 15 is 0 Å².